The van der Waals surface area contributed by atoms with Gasteiger partial charge in [0.1, 0.15) is 0 Å². The summed E-state index contributed by atoms with van der Waals surface area (Å²) in [4.78, 5) is 33.8. The number of rotatable bonds is 5. The van der Waals surface area contributed by atoms with Gasteiger partial charge in [-0.05, 0) is 19.1 Å². The molecule has 1 aromatic heterocycles. The molecular weight excluding hydrogens is 210 g/mol. The summed E-state index contributed by atoms with van der Waals surface area (Å²) < 4.78 is 6.10. The molecule has 0 aromatic carbocycles. The Bertz CT molecular complexity index is 419. The number of aryl methyl sites for hydroxylation is 1. The molecule has 0 bridgehead atoms. The van der Waals surface area contributed by atoms with Gasteiger partial charge in [0.25, 0.3) is 0 Å². The Morgan fingerprint density at radius 1 is 1.38 bits per heavy atom. The number of Topliss-reactive ketones (excluding diaryl/α,β-unsaturated/α-hetero) is 2. The van der Waals surface area contributed by atoms with Gasteiger partial charge in [0.15, 0.2) is 5.78 Å². The maximum absolute atomic E-state index is 11.6. The Balaban J connectivity index is 2.62. The molecule has 0 saturated heterocycles. The average Bonchev–Trinajstić information content (AvgIpc) is 2.64. The molecule has 0 aliphatic rings. The zero-order chi connectivity index (χ0) is 12.1. The average molecular weight is 223 g/mol. The molecule has 5 nitrogen and oxygen atoms in total. The van der Waals surface area contributed by atoms with Gasteiger partial charge in [0.2, 0.25) is 5.78 Å². The molecule has 0 aliphatic heterocycles. The van der Waals surface area contributed by atoms with E-state index in [2.05, 4.69) is 4.74 Å². The fraction of sp³-hybridized carbons (Fsp3) is 0.364. The molecule has 0 N–H and O–H groups in total. The van der Waals surface area contributed by atoms with Crippen molar-refractivity contribution in [1.29, 1.82) is 0 Å². The molecule has 0 amide bonds. The van der Waals surface area contributed by atoms with Crippen LogP contribution in [0.4, 0.5) is 0 Å². The topological polar surface area (TPSA) is 65.4 Å². The maximum Gasteiger partial charge on any atom is 0.375 e. The minimum atomic E-state index is -0.954. The van der Waals surface area contributed by atoms with Crippen molar-refractivity contribution >= 4 is 17.5 Å². The lowest BCUT2D eigenvalue weighted by Gasteiger charge is -2.02. The molecule has 0 fully saturated rings. The Hall–Kier alpha value is -1.91. The number of carbonyl (C=O) groups is 3. The summed E-state index contributed by atoms with van der Waals surface area (Å²) in [7, 11) is 1.70. The largest absolute Gasteiger partial charge is 0.460 e. The van der Waals surface area contributed by atoms with Crippen molar-refractivity contribution in [3.05, 3.63) is 24.0 Å². The van der Waals surface area contributed by atoms with Crippen LogP contribution in [-0.2, 0) is 21.4 Å². The van der Waals surface area contributed by atoms with Gasteiger partial charge >= 0.3 is 5.97 Å². The summed E-state index contributed by atoms with van der Waals surface area (Å²) in [5.74, 6) is -2.15. The number of hydrogen-bond donors (Lipinski definition) is 0. The van der Waals surface area contributed by atoms with Gasteiger partial charge in [-0.2, -0.15) is 0 Å². The molecule has 0 atom stereocenters. The third kappa shape index (κ3) is 2.79. The Labute approximate surface area is 93.0 Å². The van der Waals surface area contributed by atoms with Gasteiger partial charge in [-0.15, -0.1) is 0 Å². The van der Waals surface area contributed by atoms with Gasteiger partial charge in [-0.1, -0.05) is 0 Å². The second-order valence-electron chi connectivity index (χ2n) is 3.25. The maximum atomic E-state index is 11.6. The van der Waals surface area contributed by atoms with Crippen molar-refractivity contribution in [2.75, 3.05) is 6.61 Å². The van der Waals surface area contributed by atoms with E-state index in [0.29, 0.717) is 5.69 Å². The van der Waals surface area contributed by atoms with Crippen molar-refractivity contribution in [1.82, 2.24) is 4.57 Å². The smallest absolute Gasteiger partial charge is 0.375 e. The Kier molecular flexibility index (Phi) is 3.99. The lowest BCUT2D eigenvalue weighted by atomic mass is 10.1. The summed E-state index contributed by atoms with van der Waals surface area (Å²) in [5, 5.41) is 0. The highest BCUT2D eigenvalue weighted by atomic mass is 16.5. The summed E-state index contributed by atoms with van der Waals surface area (Å²) in [6, 6.07) is 3.29. The second kappa shape index (κ2) is 5.25. The van der Waals surface area contributed by atoms with Crippen molar-refractivity contribution in [3.8, 4) is 0 Å². The first-order valence-electron chi connectivity index (χ1n) is 4.90. The van der Waals surface area contributed by atoms with E-state index >= 15 is 0 Å². The van der Waals surface area contributed by atoms with Crippen LogP contribution < -0.4 is 0 Å². The zero-order valence-corrected chi connectivity index (χ0v) is 9.23. The van der Waals surface area contributed by atoms with E-state index in [0.717, 1.165) is 0 Å². The number of hydrogen-bond acceptors (Lipinski definition) is 4. The van der Waals surface area contributed by atoms with Crippen LogP contribution in [0.5, 0.6) is 0 Å². The van der Waals surface area contributed by atoms with E-state index < -0.39 is 18.2 Å². The van der Waals surface area contributed by atoms with Crippen LogP contribution in [0.25, 0.3) is 0 Å². The highest BCUT2D eigenvalue weighted by molar-refractivity contribution is 6.38. The van der Waals surface area contributed by atoms with Crippen LogP contribution in [0.15, 0.2) is 18.3 Å². The molecule has 0 radical (unpaired) electrons. The van der Waals surface area contributed by atoms with Crippen LogP contribution >= 0.6 is 0 Å². The van der Waals surface area contributed by atoms with E-state index in [-0.39, 0.29) is 12.4 Å². The van der Waals surface area contributed by atoms with E-state index in [1.165, 1.54) is 0 Å². The summed E-state index contributed by atoms with van der Waals surface area (Å²) in [6.07, 6.45) is 1.25. The fourth-order valence-corrected chi connectivity index (χ4v) is 1.27. The predicted octanol–water partition coefficient (Wildman–Crippen LogP) is 0.730. The molecule has 86 valence electrons. The van der Waals surface area contributed by atoms with Gasteiger partial charge < -0.3 is 9.30 Å². The molecule has 0 unspecified atom stereocenters. The number of ether oxygens (including phenoxy) is 1. The van der Waals surface area contributed by atoms with Gasteiger partial charge in [-0.3, -0.25) is 9.59 Å². The minimum absolute atomic E-state index is 0.128. The lowest BCUT2D eigenvalue weighted by Crippen LogP contribution is -2.21. The van der Waals surface area contributed by atoms with E-state index in [1.807, 2.05) is 0 Å². The molecule has 1 aromatic rings. The van der Waals surface area contributed by atoms with Crippen LogP contribution in [0.2, 0.25) is 0 Å². The normalized spacial score (nSPS) is 9.88. The summed E-state index contributed by atoms with van der Waals surface area (Å²) in [6.45, 7) is 1.73. The number of esters is 1. The molecule has 16 heavy (non-hydrogen) atoms. The standard InChI is InChI=1S/C11H13NO4/c1-3-16-11(15)10(14)7-9(13)8-5-4-6-12(8)2/h4-6H,3,7H2,1-2H3. The molecule has 1 rings (SSSR count). The SMILES string of the molecule is CCOC(=O)C(=O)CC(=O)c1cccn1C. The minimum Gasteiger partial charge on any atom is -0.460 e. The first kappa shape index (κ1) is 12.2. The quantitative estimate of drug-likeness (QED) is 0.319. The highest BCUT2D eigenvalue weighted by Gasteiger charge is 2.20. The van der Waals surface area contributed by atoms with E-state index in [9.17, 15) is 14.4 Å². The third-order valence-electron chi connectivity index (χ3n) is 2.05. The molecule has 0 spiro atoms. The van der Waals surface area contributed by atoms with Crippen molar-refractivity contribution in [3.63, 3.8) is 0 Å². The fourth-order valence-electron chi connectivity index (χ4n) is 1.27. The Morgan fingerprint density at radius 3 is 2.56 bits per heavy atom. The molecule has 1 heterocycles. The van der Waals surface area contributed by atoms with Crippen molar-refractivity contribution in [2.45, 2.75) is 13.3 Å². The number of ketones is 2. The lowest BCUT2D eigenvalue weighted by molar-refractivity contribution is -0.153. The number of nitrogens with zero attached hydrogens (tertiary/aromatic N) is 1. The van der Waals surface area contributed by atoms with Crippen LogP contribution in [0.1, 0.15) is 23.8 Å². The van der Waals surface area contributed by atoms with Gasteiger partial charge in [-0.25, -0.2) is 4.79 Å². The monoisotopic (exact) mass is 223 g/mol. The van der Waals surface area contributed by atoms with E-state index in [4.69, 9.17) is 0 Å². The summed E-state index contributed by atoms with van der Waals surface area (Å²) in [5.41, 5.74) is 0.401. The summed E-state index contributed by atoms with van der Waals surface area (Å²) >= 11 is 0. The van der Waals surface area contributed by atoms with Crippen molar-refractivity contribution in [2.24, 2.45) is 7.05 Å². The van der Waals surface area contributed by atoms with Gasteiger partial charge in [0, 0.05) is 13.2 Å². The zero-order valence-electron chi connectivity index (χ0n) is 9.23. The number of carbonyl (C=O) groups excluding carboxylic acids is 3. The first-order chi connectivity index (χ1) is 7.56. The van der Waals surface area contributed by atoms with Crippen LogP contribution in [0, 0.1) is 0 Å². The van der Waals surface area contributed by atoms with Gasteiger partial charge in [0.05, 0.1) is 18.7 Å². The molecule has 5 heteroatoms. The van der Waals surface area contributed by atoms with Crippen molar-refractivity contribution < 1.29 is 19.1 Å². The third-order valence-corrected chi connectivity index (χ3v) is 2.05. The molecular formula is C11H13NO4. The van der Waals surface area contributed by atoms with E-state index in [1.54, 1.807) is 36.9 Å². The Morgan fingerprint density at radius 2 is 2.06 bits per heavy atom. The highest BCUT2D eigenvalue weighted by Crippen LogP contribution is 2.04. The first-order valence-corrected chi connectivity index (χ1v) is 4.90. The predicted molar refractivity (Wildman–Crippen MR) is 56.0 cm³/mol. The van der Waals surface area contributed by atoms with Crippen LogP contribution in [-0.4, -0.2) is 28.7 Å². The molecule has 0 aliphatic carbocycles. The second-order valence-corrected chi connectivity index (χ2v) is 3.25. The number of aromatic nitrogens is 1. The van der Waals surface area contributed by atoms with Crippen LogP contribution in [0.3, 0.4) is 0 Å². The molecule has 0 saturated carbocycles.